The van der Waals surface area contributed by atoms with E-state index in [0.717, 1.165) is 0 Å². The normalized spacial score (nSPS) is 12.4. The second kappa shape index (κ2) is 19.0. The van der Waals surface area contributed by atoms with E-state index >= 15 is 0 Å². The van der Waals surface area contributed by atoms with Crippen LogP contribution in [0.15, 0.2) is 24.4 Å². The average molecular weight is 657 g/mol. The van der Waals surface area contributed by atoms with Gasteiger partial charge in [0.25, 0.3) is 0 Å². The minimum absolute atomic E-state index is 1.35. The molecule has 0 unspecified atom stereocenters. The summed E-state index contributed by atoms with van der Waals surface area (Å²) in [5.41, 5.74) is 0. The van der Waals surface area contributed by atoms with E-state index in [-0.39, 0.29) is 0 Å². The van der Waals surface area contributed by atoms with Gasteiger partial charge in [-0.1, -0.05) is 0 Å². The summed E-state index contributed by atoms with van der Waals surface area (Å²) in [6.07, 6.45) is 19.5. The van der Waals surface area contributed by atoms with Crippen LogP contribution in [0.3, 0.4) is 0 Å². The minimum atomic E-state index is -2.39. The van der Waals surface area contributed by atoms with Crippen LogP contribution in [0.25, 0.3) is 0 Å². The van der Waals surface area contributed by atoms with Crippen LogP contribution in [-0.4, -0.2) is 41.7 Å². The van der Waals surface area contributed by atoms with Crippen molar-refractivity contribution in [3.63, 3.8) is 0 Å². The molecule has 0 atom stereocenters. The molecule has 0 aliphatic rings. The van der Waals surface area contributed by atoms with E-state index in [1.54, 1.807) is 32.3 Å². The summed E-state index contributed by atoms with van der Waals surface area (Å²) in [5, 5.41) is 0. The van der Waals surface area contributed by atoms with Gasteiger partial charge in [0.15, 0.2) is 0 Å². The topological polar surface area (TPSA) is 12.9 Å². The van der Waals surface area contributed by atoms with E-state index in [4.69, 9.17) is 4.98 Å². The molecule has 1 aromatic rings. The van der Waals surface area contributed by atoms with Crippen molar-refractivity contribution >= 4 is 40.5 Å². The monoisotopic (exact) mass is 659 g/mol. The summed E-state index contributed by atoms with van der Waals surface area (Å²) in [7, 11) is 0. The van der Waals surface area contributed by atoms with E-state index in [9.17, 15) is 0 Å². The van der Waals surface area contributed by atoms with Crippen LogP contribution in [-0.2, 0) is 0 Å². The van der Waals surface area contributed by atoms with Crippen LogP contribution < -0.4 is 3.71 Å². The van der Waals surface area contributed by atoms with Crippen LogP contribution in [0.1, 0.15) is 112 Å². The van der Waals surface area contributed by atoms with Crippen molar-refractivity contribution in [2.75, 3.05) is 0 Å². The van der Waals surface area contributed by atoms with Gasteiger partial charge in [-0.25, -0.2) is 0 Å². The first-order valence-electron chi connectivity index (χ1n) is 14.5. The first-order valence-corrected chi connectivity index (χ1v) is 30.1. The molecule has 1 rings (SSSR count). The molecule has 0 aromatic carbocycles. The number of hydrogen-bond acceptors (Lipinski definition) is 1. The van der Waals surface area contributed by atoms with Crippen LogP contribution >= 0.6 is 0 Å². The molecule has 32 heavy (non-hydrogen) atoms. The summed E-state index contributed by atoms with van der Waals surface area (Å²) >= 11 is -4.35. The fourth-order valence-corrected chi connectivity index (χ4v) is 37.6. The van der Waals surface area contributed by atoms with Gasteiger partial charge in [0.05, 0.1) is 0 Å². The van der Waals surface area contributed by atoms with Gasteiger partial charge in [-0.15, -0.1) is 0 Å². The van der Waals surface area contributed by atoms with Gasteiger partial charge in [0.1, 0.15) is 0 Å². The van der Waals surface area contributed by atoms with E-state index in [1.807, 2.05) is 0 Å². The third-order valence-corrected chi connectivity index (χ3v) is 39.3. The van der Waals surface area contributed by atoms with Gasteiger partial charge in [-0.3, -0.25) is 0 Å². The molecule has 0 aliphatic carbocycles. The molecule has 1 nitrogen and oxygen atoms in total. The van der Waals surface area contributed by atoms with Gasteiger partial charge >= 0.3 is 213 Å². The van der Waals surface area contributed by atoms with E-state index in [0.29, 0.717) is 0 Å². The maximum atomic E-state index is 5.01. The summed E-state index contributed by atoms with van der Waals surface area (Å²) in [6, 6.07) is 6.82. The van der Waals surface area contributed by atoms with Gasteiger partial charge < -0.3 is 0 Å². The van der Waals surface area contributed by atoms with Crippen molar-refractivity contribution in [2.45, 2.75) is 143 Å². The van der Waals surface area contributed by atoms with Gasteiger partial charge in [0, 0.05) is 0 Å². The predicted octanol–water partition coefficient (Wildman–Crippen LogP) is 9.97. The Balaban J connectivity index is 2.91. The summed E-state index contributed by atoms with van der Waals surface area (Å²) < 4.78 is 13.0. The molecule has 0 N–H and O–H groups in total. The van der Waals surface area contributed by atoms with Crippen molar-refractivity contribution in [3.8, 4) is 0 Å². The molecule has 1 heterocycles. The Bertz CT molecular complexity index is 516. The van der Waals surface area contributed by atoms with Gasteiger partial charge in [-0.2, -0.15) is 0 Å². The third-order valence-electron chi connectivity index (χ3n) is 8.02. The molecule has 3 heteroatoms. The van der Waals surface area contributed by atoms with Crippen molar-refractivity contribution < 1.29 is 0 Å². The van der Waals surface area contributed by atoms with Crippen molar-refractivity contribution in [1.82, 2.24) is 4.98 Å². The molecule has 0 spiro atoms. The number of unbranched alkanes of at least 4 members (excludes halogenated alkanes) is 6. The zero-order valence-electron chi connectivity index (χ0n) is 22.7. The molecular weight excluding hydrogens is 600 g/mol. The molecule has 0 saturated carbocycles. The van der Waals surface area contributed by atoms with Crippen molar-refractivity contribution in [2.24, 2.45) is 0 Å². The van der Waals surface area contributed by atoms with E-state index in [1.165, 1.54) is 79.5 Å². The first kappa shape index (κ1) is 30.8. The fraction of sp³-hybridized carbons (Fsp3) is 0.828. The zero-order chi connectivity index (χ0) is 23.5. The number of pyridine rings is 1. The molecule has 0 radical (unpaired) electrons. The Morgan fingerprint density at radius 3 is 1.38 bits per heavy atom. The Kier molecular flexibility index (Phi) is 18.3. The summed E-state index contributed by atoms with van der Waals surface area (Å²) in [4.78, 5) is 5.01. The van der Waals surface area contributed by atoms with Crippen LogP contribution in [0.5, 0.6) is 0 Å². The Labute approximate surface area is 211 Å². The molecule has 186 valence electrons. The summed E-state index contributed by atoms with van der Waals surface area (Å²) in [6.45, 7) is 12.0. The molecule has 0 saturated heterocycles. The number of hydrogen-bond donors (Lipinski definition) is 0. The Morgan fingerprint density at radius 1 is 0.531 bits per heavy atom. The fourth-order valence-electron chi connectivity index (χ4n) is 5.83. The van der Waals surface area contributed by atoms with Crippen LogP contribution in [0, 0.1) is 0 Å². The number of nitrogens with zero attached hydrogens (tertiary/aromatic N) is 1. The van der Waals surface area contributed by atoms with E-state index in [2.05, 4.69) is 59.0 Å². The first-order chi connectivity index (χ1) is 15.6. The molecule has 0 bridgehead atoms. The maximum absolute atomic E-state index is 5.01. The van der Waals surface area contributed by atoms with E-state index < -0.39 is 36.8 Å². The van der Waals surface area contributed by atoms with Crippen LogP contribution in [0.4, 0.5) is 0 Å². The Morgan fingerprint density at radius 2 is 0.938 bits per heavy atom. The molecule has 0 fully saturated rings. The van der Waals surface area contributed by atoms with Gasteiger partial charge in [0.2, 0.25) is 0 Å². The number of rotatable bonds is 21. The van der Waals surface area contributed by atoms with Crippen LogP contribution in [0.2, 0.25) is 31.1 Å². The predicted molar refractivity (Wildman–Crippen MR) is 153 cm³/mol. The van der Waals surface area contributed by atoms with Crippen molar-refractivity contribution in [1.29, 1.82) is 0 Å². The molecule has 0 amide bonds. The molecule has 1 aromatic heterocycles. The standard InChI is InChI=1S/C5H4N.5C4H9.C4H8.2Sn/c1-2-4-6-5-3-1;6*1-3-4-2;;/h1-4H;5*1,3-4H2,2H3;1-4H2;;. The molecular formula is C29H57NSn2. The SMILES string of the molecule is CCC[CH2][Sn]([CH2]CCC)([CH2]CCC)[CH2]CC[CH2][Sn]([CH2]CCC)([CH2]CCC)[c]1ccccn1. The molecule has 0 aliphatic heterocycles. The van der Waals surface area contributed by atoms with Gasteiger partial charge in [-0.05, 0) is 0 Å². The second-order valence-electron chi connectivity index (χ2n) is 10.7. The number of aromatic nitrogens is 1. The quantitative estimate of drug-likeness (QED) is 0.0948. The van der Waals surface area contributed by atoms with Crippen molar-refractivity contribution in [3.05, 3.63) is 24.4 Å². The summed E-state index contributed by atoms with van der Waals surface area (Å²) in [5.74, 6) is 0. The zero-order valence-corrected chi connectivity index (χ0v) is 28.4. The Hall–Kier alpha value is 0.747. The second-order valence-corrected chi connectivity index (χ2v) is 38.0. The average Bonchev–Trinajstić information content (AvgIpc) is 2.84. The third kappa shape index (κ3) is 11.4.